The number of carbonyl (C=O) groups is 3. The van der Waals surface area contributed by atoms with Crippen LogP contribution in [0.15, 0.2) is 0 Å². The van der Waals surface area contributed by atoms with Crippen LogP contribution in [0.1, 0.15) is 47.5 Å². The van der Waals surface area contributed by atoms with E-state index >= 15 is 0 Å². The maximum absolute atomic E-state index is 13.7. The highest BCUT2D eigenvalue weighted by Crippen LogP contribution is 2.51. The van der Waals surface area contributed by atoms with Gasteiger partial charge in [0.1, 0.15) is 18.3 Å². The first-order valence-electron chi connectivity index (χ1n) is 11.2. The second-order valence-electron chi connectivity index (χ2n) is 9.94. The molecule has 0 spiro atoms. The van der Waals surface area contributed by atoms with Crippen molar-refractivity contribution in [1.29, 1.82) is 0 Å². The van der Waals surface area contributed by atoms with E-state index in [9.17, 15) is 44.5 Å². The Labute approximate surface area is 204 Å². The van der Waals surface area contributed by atoms with Gasteiger partial charge in [0.05, 0.1) is 49.0 Å². The van der Waals surface area contributed by atoms with Gasteiger partial charge in [0, 0.05) is 6.92 Å². The zero-order valence-corrected chi connectivity index (χ0v) is 21.6. The number of carboxylic acid groups (broad SMARTS) is 2. The standard InChI is InChI=1S/C21H38NO12P/c1-12(24)22-15-14(34-13(10-23)16(25)17(15)26)11-35(31,32-8-6-20(2,3)18(27)28)33-9-7-21(4,5)19(29)30/h13-17,23,25-26H,6-11H2,1-5H3,(H,22,24)(H,27,28)(H,29,30)/t13-,14-,15+,16-,17-/m1/s1. The number of aliphatic hydroxyl groups is 3. The quantitative estimate of drug-likeness (QED) is 0.167. The lowest BCUT2D eigenvalue weighted by molar-refractivity contribution is -0.190. The summed E-state index contributed by atoms with van der Waals surface area (Å²) < 4.78 is 30.3. The van der Waals surface area contributed by atoms with Crippen LogP contribution < -0.4 is 5.32 Å². The Kier molecular flexibility index (Phi) is 11.3. The Hall–Kier alpha value is -1.60. The first-order valence-corrected chi connectivity index (χ1v) is 12.9. The molecule has 0 aromatic rings. The van der Waals surface area contributed by atoms with Crippen molar-refractivity contribution in [2.75, 3.05) is 26.0 Å². The van der Waals surface area contributed by atoms with Gasteiger partial charge in [0.2, 0.25) is 5.91 Å². The Morgan fingerprint density at radius 1 is 0.914 bits per heavy atom. The van der Waals surface area contributed by atoms with E-state index in [4.69, 9.17) is 13.8 Å². The second kappa shape index (κ2) is 12.6. The molecule has 1 fully saturated rings. The maximum Gasteiger partial charge on any atom is 0.333 e. The molecule has 6 N–H and O–H groups in total. The van der Waals surface area contributed by atoms with Gasteiger partial charge in [-0.25, -0.2) is 0 Å². The van der Waals surface area contributed by atoms with E-state index < -0.39 is 79.5 Å². The number of carboxylic acids is 2. The predicted molar refractivity (Wildman–Crippen MR) is 122 cm³/mol. The minimum Gasteiger partial charge on any atom is -0.481 e. The van der Waals surface area contributed by atoms with Crippen LogP contribution in [0.2, 0.25) is 0 Å². The van der Waals surface area contributed by atoms with Crippen LogP contribution in [-0.2, 0) is 32.7 Å². The summed E-state index contributed by atoms with van der Waals surface area (Å²) in [6, 6.07) is -1.23. The SMILES string of the molecule is CC(=O)N[C@@H]1[C@@H](O)[C@H](O)[C@@H](CO)O[C@@H]1CP(=O)(OCCC(C)(C)C(=O)O)OCCC(C)(C)C(=O)O. The summed E-state index contributed by atoms with van der Waals surface area (Å²) in [5.74, 6) is -2.76. The first-order chi connectivity index (χ1) is 16.0. The van der Waals surface area contributed by atoms with Gasteiger partial charge < -0.3 is 44.6 Å². The third-order valence-electron chi connectivity index (χ3n) is 5.99. The Balaban J connectivity index is 3.13. The molecule has 0 aromatic heterocycles. The number of aliphatic carboxylic acids is 2. The molecule has 1 rings (SSSR count). The normalized spacial score (nSPS) is 25.8. The smallest absolute Gasteiger partial charge is 0.333 e. The molecule has 204 valence electrons. The summed E-state index contributed by atoms with van der Waals surface area (Å²) in [6.07, 6.45) is -6.17. The molecular formula is C21H38NO12P. The summed E-state index contributed by atoms with van der Waals surface area (Å²) in [5, 5.41) is 51.2. The van der Waals surface area contributed by atoms with Gasteiger partial charge in [0.25, 0.3) is 0 Å². The third-order valence-corrected chi connectivity index (χ3v) is 7.95. The van der Waals surface area contributed by atoms with Crippen LogP contribution in [0.3, 0.4) is 0 Å². The Morgan fingerprint density at radius 3 is 1.74 bits per heavy atom. The van der Waals surface area contributed by atoms with Gasteiger partial charge >= 0.3 is 19.5 Å². The number of rotatable bonds is 14. The van der Waals surface area contributed by atoms with Crippen molar-refractivity contribution in [3.8, 4) is 0 Å². The van der Waals surface area contributed by atoms with Crippen LogP contribution >= 0.6 is 7.60 Å². The van der Waals surface area contributed by atoms with Crippen molar-refractivity contribution in [3.05, 3.63) is 0 Å². The van der Waals surface area contributed by atoms with Gasteiger partial charge in [-0.2, -0.15) is 0 Å². The van der Waals surface area contributed by atoms with Crippen molar-refractivity contribution >= 4 is 25.4 Å². The molecule has 0 unspecified atom stereocenters. The number of nitrogens with one attached hydrogen (secondary N) is 1. The zero-order chi connectivity index (χ0) is 27.2. The summed E-state index contributed by atoms with van der Waals surface area (Å²) in [5.41, 5.74) is -2.39. The fourth-order valence-electron chi connectivity index (χ4n) is 3.22. The van der Waals surface area contributed by atoms with E-state index in [1.165, 1.54) is 34.6 Å². The molecule has 1 amide bonds. The van der Waals surface area contributed by atoms with Crippen LogP contribution in [0.5, 0.6) is 0 Å². The molecule has 0 bridgehead atoms. The van der Waals surface area contributed by atoms with E-state index in [-0.39, 0.29) is 26.1 Å². The lowest BCUT2D eigenvalue weighted by Gasteiger charge is -2.43. The molecule has 1 aliphatic rings. The lowest BCUT2D eigenvalue weighted by Crippen LogP contribution is -2.64. The van der Waals surface area contributed by atoms with Crippen molar-refractivity contribution in [3.63, 3.8) is 0 Å². The Bertz CT molecular complexity index is 765. The van der Waals surface area contributed by atoms with Gasteiger partial charge in [0.15, 0.2) is 0 Å². The summed E-state index contributed by atoms with van der Waals surface area (Å²) >= 11 is 0. The summed E-state index contributed by atoms with van der Waals surface area (Å²) in [6.45, 7) is 5.76. The molecule has 5 atom stereocenters. The van der Waals surface area contributed by atoms with E-state index in [2.05, 4.69) is 5.32 Å². The highest BCUT2D eigenvalue weighted by atomic mass is 31.2. The van der Waals surface area contributed by atoms with Crippen LogP contribution in [-0.4, -0.2) is 99.8 Å². The first kappa shape index (κ1) is 31.4. The molecule has 1 saturated heterocycles. The number of hydrogen-bond acceptors (Lipinski definition) is 10. The minimum atomic E-state index is -4.12. The predicted octanol–water partition coefficient (Wildman–Crippen LogP) is 0.201. The van der Waals surface area contributed by atoms with E-state index in [0.717, 1.165) is 0 Å². The van der Waals surface area contributed by atoms with Crippen LogP contribution in [0.4, 0.5) is 0 Å². The van der Waals surface area contributed by atoms with Crippen molar-refractivity contribution < 1.29 is 58.3 Å². The second-order valence-corrected chi connectivity index (χ2v) is 12.0. The average Bonchev–Trinajstić information content (AvgIpc) is 2.72. The fraction of sp³-hybridized carbons (Fsp3) is 0.857. The molecular weight excluding hydrogens is 489 g/mol. The van der Waals surface area contributed by atoms with Crippen LogP contribution in [0.25, 0.3) is 0 Å². The number of aliphatic hydroxyl groups excluding tert-OH is 3. The molecule has 14 heteroatoms. The third kappa shape index (κ3) is 9.09. The summed E-state index contributed by atoms with van der Waals surface area (Å²) in [7, 11) is -4.12. The molecule has 0 aromatic carbocycles. The highest BCUT2D eigenvalue weighted by molar-refractivity contribution is 7.53. The molecule has 0 radical (unpaired) electrons. The van der Waals surface area contributed by atoms with Gasteiger partial charge in [-0.3, -0.25) is 18.9 Å². The zero-order valence-electron chi connectivity index (χ0n) is 20.7. The van der Waals surface area contributed by atoms with Gasteiger partial charge in [-0.1, -0.05) is 0 Å². The van der Waals surface area contributed by atoms with Crippen molar-refractivity contribution in [1.82, 2.24) is 5.32 Å². The lowest BCUT2D eigenvalue weighted by atomic mass is 9.90. The maximum atomic E-state index is 13.7. The minimum absolute atomic E-state index is 0.0302. The Morgan fingerprint density at radius 2 is 1.37 bits per heavy atom. The van der Waals surface area contributed by atoms with E-state index in [1.807, 2.05) is 0 Å². The highest BCUT2D eigenvalue weighted by Gasteiger charge is 2.48. The molecule has 13 nitrogen and oxygen atoms in total. The van der Waals surface area contributed by atoms with E-state index in [0.29, 0.717) is 0 Å². The molecule has 0 saturated carbocycles. The van der Waals surface area contributed by atoms with E-state index in [1.54, 1.807) is 0 Å². The fourth-order valence-corrected chi connectivity index (χ4v) is 5.00. The van der Waals surface area contributed by atoms with Crippen molar-refractivity contribution in [2.24, 2.45) is 10.8 Å². The number of hydrogen-bond donors (Lipinski definition) is 6. The monoisotopic (exact) mass is 527 g/mol. The van der Waals surface area contributed by atoms with Crippen LogP contribution in [0, 0.1) is 10.8 Å². The largest absolute Gasteiger partial charge is 0.481 e. The molecule has 0 aliphatic carbocycles. The van der Waals surface area contributed by atoms with Crippen molar-refractivity contribution in [2.45, 2.75) is 77.9 Å². The topological polar surface area (TPSA) is 209 Å². The van der Waals surface area contributed by atoms with Gasteiger partial charge in [-0.15, -0.1) is 0 Å². The number of carbonyl (C=O) groups excluding carboxylic acids is 1. The summed E-state index contributed by atoms with van der Waals surface area (Å²) in [4.78, 5) is 34.4. The molecule has 1 aliphatic heterocycles. The van der Waals surface area contributed by atoms with Gasteiger partial charge in [-0.05, 0) is 40.5 Å². The average molecular weight is 528 g/mol. The molecule has 1 heterocycles. The molecule has 35 heavy (non-hydrogen) atoms. The number of ether oxygens (including phenoxy) is 1. The number of amides is 1.